The molecule has 11 heteroatoms. The summed E-state index contributed by atoms with van der Waals surface area (Å²) in [6.45, 7) is 3.46. The highest BCUT2D eigenvalue weighted by Gasteiger charge is 2.44. The minimum Gasteiger partial charge on any atom is -0.394 e. The van der Waals surface area contributed by atoms with Crippen LogP contribution < -0.4 is 5.32 Å². The van der Waals surface area contributed by atoms with Gasteiger partial charge in [0.05, 0.1) is 25.4 Å². The zero-order valence-electron chi connectivity index (χ0n) is 47.4. The minimum atomic E-state index is -1.67. The van der Waals surface area contributed by atoms with Crippen LogP contribution in [0.2, 0.25) is 0 Å². The van der Waals surface area contributed by atoms with Gasteiger partial charge < -0.3 is 50.5 Å². The number of rotatable bonds is 54. The van der Waals surface area contributed by atoms with Crippen molar-refractivity contribution in [2.75, 3.05) is 13.2 Å². The van der Waals surface area contributed by atoms with Gasteiger partial charge in [0, 0.05) is 0 Å². The molecule has 1 amide bonds. The lowest BCUT2D eigenvalue weighted by Gasteiger charge is -2.40. The third kappa shape index (κ3) is 39.6. The van der Waals surface area contributed by atoms with Gasteiger partial charge in [0.25, 0.3) is 0 Å². The van der Waals surface area contributed by atoms with E-state index in [1.807, 2.05) is 0 Å². The van der Waals surface area contributed by atoms with Crippen LogP contribution in [0.25, 0.3) is 0 Å². The molecule has 0 bridgehead atoms. The highest BCUT2D eigenvalue weighted by molar-refractivity contribution is 5.80. The number of aliphatic hydroxyl groups is 7. The van der Waals surface area contributed by atoms with Gasteiger partial charge in [-0.1, -0.05) is 269 Å². The monoisotopic (exact) mass is 1040 g/mol. The Bertz CT molecular complexity index is 1240. The molecule has 11 nitrogen and oxygen atoms in total. The van der Waals surface area contributed by atoms with Crippen molar-refractivity contribution in [3.05, 3.63) is 24.3 Å². The normalized spacial score (nSPS) is 20.0. The van der Waals surface area contributed by atoms with E-state index in [1.165, 1.54) is 212 Å². The van der Waals surface area contributed by atoms with Crippen molar-refractivity contribution in [2.24, 2.45) is 0 Å². The summed E-state index contributed by atoms with van der Waals surface area (Å²) >= 11 is 0. The molecule has 9 atom stereocenters. The number of unbranched alkanes of at least 4 members (excludes halogenated alkanes) is 38. The maximum absolute atomic E-state index is 13.2. The van der Waals surface area contributed by atoms with E-state index < -0.39 is 74.2 Å². The second kappa shape index (κ2) is 51.4. The second-order valence-corrected chi connectivity index (χ2v) is 22.1. The fourth-order valence-electron chi connectivity index (χ4n) is 10.2. The Balaban J connectivity index is 2.22. The van der Waals surface area contributed by atoms with Crippen LogP contribution in [-0.4, -0.2) is 110 Å². The first kappa shape index (κ1) is 69.6. The smallest absolute Gasteiger partial charge is 0.249 e. The van der Waals surface area contributed by atoms with E-state index in [9.17, 15) is 40.5 Å². The lowest BCUT2D eigenvalue weighted by atomic mass is 9.98. The Labute approximate surface area is 448 Å². The highest BCUT2D eigenvalue weighted by Crippen LogP contribution is 2.24. The van der Waals surface area contributed by atoms with Crippen LogP contribution in [0, 0.1) is 0 Å². The van der Waals surface area contributed by atoms with Gasteiger partial charge in [-0.05, 0) is 51.4 Å². The third-order valence-electron chi connectivity index (χ3n) is 15.2. The Morgan fingerprint density at radius 2 is 0.822 bits per heavy atom. The molecular formula is C62H119NO10. The van der Waals surface area contributed by atoms with Crippen LogP contribution in [-0.2, 0) is 14.3 Å². The van der Waals surface area contributed by atoms with Crippen LogP contribution >= 0.6 is 0 Å². The van der Waals surface area contributed by atoms with Gasteiger partial charge in [-0.2, -0.15) is 0 Å². The average molecular weight is 1040 g/mol. The van der Waals surface area contributed by atoms with Crippen LogP contribution in [0.5, 0.6) is 0 Å². The molecular weight excluding hydrogens is 919 g/mol. The fraction of sp³-hybridized carbons (Fsp3) is 0.919. The zero-order chi connectivity index (χ0) is 53.3. The predicted octanol–water partition coefficient (Wildman–Crippen LogP) is 13.7. The largest absolute Gasteiger partial charge is 0.394 e. The number of nitrogens with one attached hydrogen (secondary N) is 1. The molecule has 1 heterocycles. The Morgan fingerprint density at radius 3 is 1.22 bits per heavy atom. The molecule has 0 aromatic carbocycles. The maximum atomic E-state index is 13.2. The van der Waals surface area contributed by atoms with Gasteiger partial charge in [-0.25, -0.2) is 0 Å². The molecule has 73 heavy (non-hydrogen) atoms. The molecule has 0 aromatic rings. The summed E-state index contributed by atoms with van der Waals surface area (Å²) in [5, 5.41) is 76.1. The van der Waals surface area contributed by atoms with Crippen molar-refractivity contribution in [1.82, 2.24) is 5.32 Å². The number of carbonyl (C=O) groups excluding carboxylic acids is 1. The van der Waals surface area contributed by atoms with Crippen LogP contribution in [0.3, 0.4) is 0 Å². The Hall–Kier alpha value is -1.41. The fourth-order valence-corrected chi connectivity index (χ4v) is 10.2. The Morgan fingerprint density at radius 1 is 0.466 bits per heavy atom. The third-order valence-corrected chi connectivity index (χ3v) is 15.2. The topological polar surface area (TPSA) is 189 Å². The summed E-state index contributed by atoms with van der Waals surface area (Å²) in [5.41, 5.74) is 0. The number of carbonyl (C=O) groups is 1. The SMILES string of the molecule is CCCCCCCCC/C=C/CC/C=C/CCCC(O)C(O)C(COC1OC(CO)C(O)C(O)C1O)NC(=O)C(O)CCCCCCCCCCCCCCCCCCCCCCCCCCCCCCCC. The molecule has 0 saturated carbocycles. The van der Waals surface area contributed by atoms with E-state index in [4.69, 9.17) is 9.47 Å². The number of amides is 1. The summed E-state index contributed by atoms with van der Waals surface area (Å²) in [4.78, 5) is 13.2. The van der Waals surface area contributed by atoms with E-state index >= 15 is 0 Å². The van der Waals surface area contributed by atoms with E-state index in [2.05, 4.69) is 43.5 Å². The highest BCUT2D eigenvalue weighted by atomic mass is 16.7. The standard InChI is InChI=1S/C62H119NO10/c1-3-5-7-9-11-13-15-17-19-21-22-23-24-25-26-27-28-29-30-31-32-33-34-36-38-40-42-44-46-48-50-55(66)61(71)63-53(52-72-62-60(70)59(69)58(68)56(51-64)73-62)57(67)54(65)49-47-45-43-41-39-37-35-20-18-16-14-12-10-8-6-4-2/h20,35,41,43,53-60,62,64-70H,3-19,21-34,36-40,42,44-52H2,1-2H3,(H,63,71)/b35-20+,43-41+. The van der Waals surface area contributed by atoms with E-state index in [-0.39, 0.29) is 12.8 Å². The van der Waals surface area contributed by atoms with Crippen molar-refractivity contribution in [3.8, 4) is 0 Å². The summed E-state index contributed by atoms with van der Waals surface area (Å²) < 4.78 is 11.1. The van der Waals surface area contributed by atoms with Gasteiger partial charge in [0.2, 0.25) is 5.91 Å². The summed E-state index contributed by atoms with van der Waals surface area (Å²) in [6.07, 6.45) is 51.1. The lowest BCUT2D eigenvalue weighted by Crippen LogP contribution is -2.60. The maximum Gasteiger partial charge on any atom is 0.249 e. The molecule has 8 N–H and O–H groups in total. The van der Waals surface area contributed by atoms with Crippen molar-refractivity contribution in [2.45, 2.75) is 351 Å². The Kier molecular flexibility index (Phi) is 49.0. The molecule has 432 valence electrons. The van der Waals surface area contributed by atoms with Gasteiger partial charge in [-0.3, -0.25) is 4.79 Å². The molecule has 1 aliphatic heterocycles. The molecule has 1 fully saturated rings. The minimum absolute atomic E-state index is 0.249. The quantitative estimate of drug-likeness (QED) is 0.0215. The number of hydrogen-bond acceptors (Lipinski definition) is 10. The van der Waals surface area contributed by atoms with Crippen molar-refractivity contribution >= 4 is 5.91 Å². The molecule has 1 aliphatic rings. The molecule has 0 aromatic heterocycles. The zero-order valence-corrected chi connectivity index (χ0v) is 47.4. The van der Waals surface area contributed by atoms with Gasteiger partial charge >= 0.3 is 0 Å². The van der Waals surface area contributed by atoms with Crippen molar-refractivity contribution < 1.29 is 50.0 Å². The van der Waals surface area contributed by atoms with Crippen molar-refractivity contribution in [1.29, 1.82) is 0 Å². The molecule has 0 radical (unpaired) electrons. The number of ether oxygens (including phenoxy) is 2. The van der Waals surface area contributed by atoms with Crippen LogP contribution in [0.4, 0.5) is 0 Å². The molecule has 0 aliphatic carbocycles. The molecule has 1 rings (SSSR count). The summed E-state index contributed by atoms with van der Waals surface area (Å²) in [6, 6.07) is -1.19. The predicted molar refractivity (Wildman–Crippen MR) is 302 cm³/mol. The van der Waals surface area contributed by atoms with E-state index in [1.54, 1.807) is 0 Å². The molecule has 0 spiro atoms. The number of hydrogen-bond donors (Lipinski definition) is 8. The lowest BCUT2D eigenvalue weighted by molar-refractivity contribution is -0.303. The summed E-state index contributed by atoms with van der Waals surface area (Å²) in [5.74, 6) is -0.705. The number of allylic oxidation sites excluding steroid dienone is 4. The average Bonchev–Trinajstić information content (AvgIpc) is 3.39. The van der Waals surface area contributed by atoms with Gasteiger partial charge in [-0.15, -0.1) is 0 Å². The second-order valence-electron chi connectivity index (χ2n) is 22.1. The van der Waals surface area contributed by atoms with E-state index in [0.29, 0.717) is 19.3 Å². The van der Waals surface area contributed by atoms with Crippen LogP contribution in [0.15, 0.2) is 24.3 Å². The molecule has 9 unspecified atom stereocenters. The van der Waals surface area contributed by atoms with Crippen molar-refractivity contribution in [3.63, 3.8) is 0 Å². The van der Waals surface area contributed by atoms with E-state index in [0.717, 1.165) is 38.5 Å². The first-order valence-electron chi connectivity index (χ1n) is 31.2. The van der Waals surface area contributed by atoms with Gasteiger partial charge in [0.15, 0.2) is 6.29 Å². The molecule has 1 saturated heterocycles. The van der Waals surface area contributed by atoms with Gasteiger partial charge in [0.1, 0.15) is 36.6 Å². The number of aliphatic hydroxyl groups excluding tert-OH is 7. The first-order valence-corrected chi connectivity index (χ1v) is 31.2. The van der Waals surface area contributed by atoms with Crippen LogP contribution in [0.1, 0.15) is 296 Å². The summed E-state index contributed by atoms with van der Waals surface area (Å²) in [7, 11) is 0. The first-order chi connectivity index (χ1) is 35.7.